The molecule has 1 fully saturated rings. The van der Waals surface area contributed by atoms with Crippen LogP contribution in [-0.2, 0) is 13.0 Å². The third-order valence-corrected chi connectivity index (χ3v) is 7.42. The molecule has 0 amide bonds. The zero-order valence-corrected chi connectivity index (χ0v) is 20.8. The van der Waals surface area contributed by atoms with Crippen molar-refractivity contribution in [2.24, 2.45) is 0 Å². The second kappa shape index (κ2) is 10.5. The van der Waals surface area contributed by atoms with Crippen molar-refractivity contribution < 1.29 is 4.74 Å². The Labute approximate surface area is 213 Å². The highest BCUT2D eigenvalue weighted by Gasteiger charge is 2.12. The third-order valence-electron chi connectivity index (χ3n) is 7.42. The van der Waals surface area contributed by atoms with Gasteiger partial charge in [0.15, 0.2) is 0 Å². The van der Waals surface area contributed by atoms with Crippen molar-refractivity contribution in [1.82, 2.24) is 14.5 Å². The first-order valence-electron chi connectivity index (χ1n) is 13.2. The predicted octanol–water partition coefficient (Wildman–Crippen LogP) is 6.69. The number of likely N-dealkylation sites (tertiary alicyclic amines) is 1. The van der Waals surface area contributed by atoms with E-state index in [0.717, 1.165) is 31.9 Å². The maximum Gasteiger partial charge on any atom is 0.122 e. The second-order valence-corrected chi connectivity index (χ2v) is 9.85. The van der Waals surface area contributed by atoms with Gasteiger partial charge in [-0.1, -0.05) is 67.1 Å². The fraction of sp³-hybridized carbons (Fsp3) is 0.281. The average molecular weight is 476 g/mol. The van der Waals surface area contributed by atoms with Gasteiger partial charge in [-0.15, -0.1) is 0 Å². The summed E-state index contributed by atoms with van der Waals surface area (Å²) in [6, 6.07) is 28.2. The molecule has 36 heavy (non-hydrogen) atoms. The molecule has 3 heterocycles. The molecule has 5 aromatic rings. The molecule has 6 rings (SSSR count). The number of piperidine rings is 1. The van der Waals surface area contributed by atoms with Gasteiger partial charge in [0, 0.05) is 42.0 Å². The quantitative estimate of drug-likeness (QED) is 0.250. The van der Waals surface area contributed by atoms with Gasteiger partial charge in [-0.2, -0.15) is 0 Å². The van der Waals surface area contributed by atoms with E-state index in [4.69, 9.17) is 4.74 Å². The van der Waals surface area contributed by atoms with E-state index in [2.05, 4.69) is 93.3 Å². The van der Waals surface area contributed by atoms with Gasteiger partial charge < -0.3 is 9.30 Å². The number of hydrogen-bond acceptors (Lipinski definition) is 3. The van der Waals surface area contributed by atoms with E-state index in [1.165, 1.54) is 70.8 Å². The predicted molar refractivity (Wildman–Crippen MR) is 148 cm³/mol. The van der Waals surface area contributed by atoms with Gasteiger partial charge in [-0.3, -0.25) is 9.88 Å². The number of para-hydroxylation sites is 2. The summed E-state index contributed by atoms with van der Waals surface area (Å²) in [6.07, 6.45) is 8.74. The molecule has 4 heteroatoms. The molecular weight excluding hydrogens is 442 g/mol. The number of hydrogen-bond donors (Lipinski definition) is 0. The third kappa shape index (κ3) is 4.87. The molecule has 182 valence electrons. The molecule has 0 saturated carbocycles. The maximum absolute atomic E-state index is 6.24. The Hall–Kier alpha value is -3.63. The van der Waals surface area contributed by atoms with Crippen LogP contribution in [0, 0.1) is 0 Å². The molecule has 0 atom stereocenters. The second-order valence-electron chi connectivity index (χ2n) is 9.85. The lowest BCUT2D eigenvalue weighted by Gasteiger charge is -2.26. The van der Waals surface area contributed by atoms with Crippen molar-refractivity contribution in [2.45, 2.75) is 32.2 Å². The lowest BCUT2D eigenvalue weighted by atomic mass is 10.0. The number of fused-ring (bicyclic) bond motifs is 3. The number of pyridine rings is 1. The zero-order chi connectivity index (χ0) is 24.2. The fourth-order valence-electron chi connectivity index (χ4n) is 5.49. The molecule has 1 aliphatic rings. The van der Waals surface area contributed by atoms with Gasteiger partial charge in [0.1, 0.15) is 12.4 Å². The van der Waals surface area contributed by atoms with Crippen molar-refractivity contribution in [2.75, 3.05) is 26.2 Å². The molecule has 1 saturated heterocycles. The first-order valence-corrected chi connectivity index (χ1v) is 13.2. The minimum absolute atomic E-state index is 0.754. The average Bonchev–Trinajstić information content (AvgIpc) is 3.25. The summed E-state index contributed by atoms with van der Waals surface area (Å²) in [7, 11) is 0. The molecular formula is C32H33N3O. The van der Waals surface area contributed by atoms with Gasteiger partial charge in [-0.25, -0.2) is 0 Å². The van der Waals surface area contributed by atoms with E-state index >= 15 is 0 Å². The summed E-state index contributed by atoms with van der Waals surface area (Å²) in [6.45, 7) is 5.02. The van der Waals surface area contributed by atoms with Crippen molar-refractivity contribution in [1.29, 1.82) is 0 Å². The molecule has 2 aromatic heterocycles. The summed E-state index contributed by atoms with van der Waals surface area (Å²) in [5.41, 5.74) is 6.27. The summed E-state index contributed by atoms with van der Waals surface area (Å²) in [4.78, 5) is 6.92. The summed E-state index contributed by atoms with van der Waals surface area (Å²) in [5, 5.41) is 2.54. The van der Waals surface area contributed by atoms with Crippen LogP contribution < -0.4 is 4.74 Å². The standard InChI is InChI=1S/C32H33N3O/c1-6-18-34(19-7-1)20-21-36-32-11-5-2-8-27(32)22-25-12-14-26(15-13-25)24-35-30-10-4-3-9-28(30)29-16-17-33-23-31(29)35/h2-5,8-17,23H,1,6-7,18-22,24H2. The van der Waals surface area contributed by atoms with Gasteiger partial charge >= 0.3 is 0 Å². The fourth-order valence-corrected chi connectivity index (χ4v) is 5.49. The Morgan fingerprint density at radius 1 is 0.722 bits per heavy atom. The largest absolute Gasteiger partial charge is 0.492 e. The summed E-state index contributed by atoms with van der Waals surface area (Å²) < 4.78 is 8.61. The van der Waals surface area contributed by atoms with Gasteiger partial charge in [-0.05, 0) is 60.8 Å². The Morgan fingerprint density at radius 3 is 2.36 bits per heavy atom. The van der Waals surface area contributed by atoms with Crippen molar-refractivity contribution in [3.05, 3.63) is 108 Å². The molecule has 1 aliphatic heterocycles. The smallest absolute Gasteiger partial charge is 0.122 e. The van der Waals surface area contributed by atoms with E-state index in [1.807, 2.05) is 12.4 Å². The summed E-state index contributed by atoms with van der Waals surface area (Å²) >= 11 is 0. The number of rotatable bonds is 8. The SMILES string of the molecule is c1ccc(OCCN2CCCCC2)c(Cc2ccc(Cn3c4ccccc4c4ccncc43)cc2)c1. The Bertz CT molecular complexity index is 1390. The van der Waals surface area contributed by atoms with E-state index < -0.39 is 0 Å². The molecule has 4 nitrogen and oxygen atoms in total. The van der Waals surface area contributed by atoms with Gasteiger partial charge in [0.05, 0.1) is 11.7 Å². The van der Waals surface area contributed by atoms with Crippen LogP contribution in [-0.4, -0.2) is 40.7 Å². The highest BCUT2D eigenvalue weighted by atomic mass is 16.5. The van der Waals surface area contributed by atoms with E-state index in [0.29, 0.717) is 0 Å². The van der Waals surface area contributed by atoms with Crippen molar-refractivity contribution >= 4 is 21.8 Å². The van der Waals surface area contributed by atoms with Crippen LogP contribution in [0.2, 0.25) is 0 Å². The molecule has 3 aromatic carbocycles. The van der Waals surface area contributed by atoms with Crippen LogP contribution in [0.1, 0.15) is 36.0 Å². The van der Waals surface area contributed by atoms with Crippen molar-refractivity contribution in [3.8, 4) is 5.75 Å². The molecule has 0 spiro atoms. The molecule has 0 unspecified atom stereocenters. The number of ether oxygens (including phenoxy) is 1. The monoisotopic (exact) mass is 475 g/mol. The molecule has 0 N–H and O–H groups in total. The van der Waals surface area contributed by atoms with Crippen LogP contribution in [0.25, 0.3) is 21.8 Å². The lowest BCUT2D eigenvalue weighted by molar-refractivity contribution is 0.183. The van der Waals surface area contributed by atoms with Gasteiger partial charge in [0.2, 0.25) is 0 Å². The number of aromatic nitrogens is 2. The molecule has 0 radical (unpaired) electrons. The van der Waals surface area contributed by atoms with Gasteiger partial charge in [0.25, 0.3) is 0 Å². The van der Waals surface area contributed by atoms with Crippen LogP contribution in [0.4, 0.5) is 0 Å². The molecule has 0 aliphatic carbocycles. The minimum Gasteiger partial charge on any atom is -0.492 e. The van der Waals surface area contributed by atoms with E-state index in [-0.39, 0.29) is 0 Å². The van der Waals surface area contributed by atoms with Crippen LogP contribution in [0.15, 0.2) is 91.3 Å². The summed E-state index contributed by atoms with van der Waals surface area (Å²) in [5.74, 6) is 1.01. The lowest BCUT2D eigenvalue weighted by Crippen LogP contribution is -2.33. The topological polar surface area (TPSA) is 30.3 Å². The van der Waals surface area contributed by atoms with Crippen molar-refractivity contribution in [3.63, 3.8) is 0 Å². The Balaban J connectivity index is 1.15. The zero-order valence-electron chi connectivity index (χ0n) is 20.8. The Kier molecular flexibility index (Phi) is 6.68. The van der Waals surface area contributed by atoms with Crippen LogP contribution in [0.5, 0.6) is 5.75 Å². The van der Waals surface area contributed by atoms with Crippen LogP contribution in [0.3, 0.4) is 0 Å². The van der Waals surface area contributed by atoms with E-state index in [9.17, 15) is 0 Å². The highest BCUT2D eigenvalue weighted by Crippen LogP contribution is 2.29. The maximum atomic E-state index is 6.24. The first kappa shape index (κ1) is 22.8. The number of nitrogens with zero attached hydrogens (tertiary/aromatic N) is 3. The van der Waals surface area contributed by atoms with E-state index in [1.54, 1.807) is 0 Å². The van der Waals surface area contributed by atoms with Crippen LogP contribution >= 0.6 is 0 Å². The number of benzene rings is 3. The normalized spacial score (nSPS) is 14.4. The minimum atomic E-state index is 0.754. The first-order chi connectivity index (χ1) is 17.8. The Morgan fingerprint density at radius 2 is 1.47 bits per heavy atom. The highest BCUT2D eigenvalue weighted by molar-refractivity contribution is 6.07. The molecule has 0 bridgehead atoms.